The van der Waals surface area contributed by atoms with E-state index in [1.807, 2.05) is 13.8 Å². The summed E-state index contributed by atoms with van der Waals surface area (Å²) in [7, 11) is 0. The van der Waals surface area contributed by atoms with Crippen LogP contribution < -0.4 is 16.6 Å². The second kappa shape index (κ2) is 6.64. The number of hydrogen-bond acceptors (Lipinski definition) is 5. The van der Waals surface area contributed by atoms with Gasteiger partial charge in [-0.25, -0.2) is 15.8 Å². The summed E-state index contributed by atoms with van der Waals surface area (Å²) in [6, 6.07) is 5.13. The highest BCUT2D eigenvalue weighted by atomic mass is 79.9. The maximum Gasteiger partial charge on any atom is 0.257 e. The number of nitrogen functional groups attached to an aromatic ring is 1. The third-order valence-electron chi connectivity index (χ3n) is 2.94. The number of aryl methyl sites for hydroxylation is 2. The summed E-state index contributed by atoms with van der Waals surface area (Å²) >= 11 is 3.37. The summed E-state index contributed by atoms with van der Waals surface area (Å²) in [5.41, 5.74) is 4.73. The van der Waals surface area contributed by atoms with Crippen LogP contribution in [0.1, 0.15) is 28.5 Å². The summed E-state index contributed by atoms with van der Waals surface area (Å²) in [5, 5.41) is 2.76. The van der Waals surface area contributed by atoms with Crippen LogP contribution in [-0.2, 0) is 6.42 Å². The van der Waals surface area contributed by atoms with E-state index < -0.39 is 0 Å². The maximum atomic E-state index is 12.3. The molecule has 0 aliphatic carbocycles. The number of carbonyl (C=O) groups is 1. The van der Waals surface area contributed by atoms with Crippen LogP contribution in [0.25, 0.3) is 0 Å². The van der Waals surface area contributed by atoms with E-state index in [4.69, 9.17) is 5.84 Å². The van der Waals surface area contributed by atoms with Crippen LogP contribution in [0.5, 0.6) is 0 Å². The number of nitrogens with one attached hydrogen (secondary N) is 2. The SMILES string of the molecule is CCc1cc(C(=O)Nc2cc(C)c(Br)cn2)cc(NN)n1. The van der Waals surface area contributed by atoms with Gasteiger partial charge in [-0.15, -0.1) is 0 Å². The van der Waals surface area contributed by atoms with Crippen LogP contribution in [0.3, 0.4) is 0 Å². The number of aromatic nitrogens is 2. The molecular formula is C14H16BrN5O. The number of carbonyl (C=O) groups excluding carboxylic acids is 1. The van der Waals surface area contributed by atoms with Crippen molar-refractivity contribution >= 4 is 33.5 Å². The Bertz CT molecular complexity index is 652. The number of halogens is 1. The molecule has 2 aromatic heterocycles. The second-order valence-corrected chi connectivity index (χ2v) is 5.36. The standard InChI is InChI=1S/C14H16BrN5O/c1-3-10-5-9(6-13(18-10)20-16)14(21)19-12-4-8(2)11(15)7-17-12/h4-7H,3,16H2,1-2H3,(H,18,20)(H,17,19,21). The molecule has 4 N–H and O–H groups in total. The molecule has 0 bridgehead atoms. The van der Waals surface area contributed by atoms with Crippen molar-refractivity contribution in [3.63, 3.8) is 0 Å². The number of rotatable bonds is 4. The molecule has 0 atom stereocenters. The van der Waals surface area contributed by atoms with Gasteiger partial charge in [-0.3, -0.25) is 4.79 Å². The van der Waals surface area contributed by atoms with Gasteiger partial charge in [-0.1, -0.05) is 6.92 Å². The molecule has 0 radical (unpaired) electrons. The van der Waals surface area contributed by atoms with Crippen LogP contribution in [0.4, 0.5) is 11.6 Å². The molecule has 0 aliphatic rings. The van der Waals surface area contributed by atoms with Crippen molar-refractivity contribution in [2.24, 2.45) is 5.84 Å². The van der Waals surface area contributed by atoms with Gasteiger partial charge < -0.3 is 10.7 Å². The predicted octanol–water partition coefficient (Wildman–Crippen LogP) is 2.65. The minimum atomic E-state index is -0.252. The fourth-order valence-electron chi connectivity index (χ4n) is 1.77. The number of anilines is 2. The number of amides is 1. The third kappa shape index (κ3) is 3.77. The topological polar surface area (TPSA) is 92.9 Å². The number of hydrazine groups is 1. The maximum absolute atomic E-state index is 12.3. The van der Waals surface area contributed by atoms with E-state index in [-0.39, 0.29) is 5.91 Å². The molecule has 7 heteroatoms. The molecule has 2 aromatic rings. The van der Waals surface area contributed by atoms with Gasteiger partial charge in [0.15, 0.2) is 0 Å². The first-order valence-corrected chi connectivity index (χ1v) is 7.24. The van der Waals surface area contributed by atoms with Crippen molar-refractivity contribution in [3.05, 3.63) is 45.7 Å². The van der Waals surface area contributed by atoms with E-state index in [0.717, 1.165) is 15.7 Å². The van der Waals surface area contributed by atoms with Gasteiger partial charge in [0.2, 0.25) is 0 Å². The number of nitrogens with two attached hydrogens (primary N) is 1. The number of pyridine rings is 2. The van der Waals surface area contributed by atoms with Crippen LogP contribution in [0, 0.1) is 6.92 Å². The Labute approximate surface area is 131 Å². The van der Waals surface area contributed by atoms with Crippen molar-refractivity contribution in [1.82, 2.24) is 9.97 Å². The van der Waals surface area contributed by atoms with Crippen LogP contribution in [-0.4, -0.2) is 15.9 Å². The van der Waals surface area contributed by atoms with Crippen molar-refractivity contribution in [2.75, 3.05) is 10.7 Å². The molecule has 110 valence electrons. The van der Waals surface area contributed by atoms with E-state index in [1.54, 1.807) is 24.4 Å². The Morgan fingerprint density at radius 3 is 2.71 bits per heavy atom. The first-order valence-electron chi connectivity index (χ1n) is 6.44. The Morgan fingerprint density at radius 1 is 1.33 bits per heavy atom. The molecule has 0 saturated heterocycles. The van der Waals surface area contributed by atoms with Crippen LogP contribution >= 0.6 is 15.9 Å². The summed E-state index contributed by atoms with van der Waals surface area (Å²) < 4.78 is 0.896. The summed E-state index contributed by atoms with van der Waals surface area (Å²) in [5.74, 6) is 6.07. The monoisotopic (exact) mass is 349 g/mol. The summed E-state index contributed by atoms with van der Waals surface area (Å²) in [4.78, 5) is 20.7. The number of hydrogen-bond donors (Lipinski definition) is 3. The summed E-state index contributed by atoms with van der Waals surface area (Å²) in [6.45, 7) is 3.89. The van der Waals surface area contributed by atoms with Gasteiger partial charge in [0.05, 0.1) is 0 Å². The van der Waals surface area contributed by atoms with Crippen LogP contribution in [0.2, 0.25) is 0 Å². The first-order chi connectivity index (χ1) is 10.0. The quantitative estimate of drug-likeness (QED) is 0.582. The van der Waals surface area contributed by atoms with E-state index in [0.29, 0.717) is 23.6 Å². The number of nitrogens with zero attached hydrogens (tertiary/aromatic N) is 2. The smallest absolute Gasteiger partial charge is 0.257 e. The molecule has 0 saturated carbocycles. The highest BCUT2D eigenvalue weighted by molar-refractivity contribution is 9.10. The molecule has 0 aliphatic heterocycles. The highest BCUT2D eigenvalue weighted by Gasteiger charge is 2.11. The molecule has 0 aromatic carbocycles. The van der Waals surface area contributed by atoms with Gasteiger partial charge in [0.25, 0.3) is 5.91 Å². The zero-order valence-electron chi connectivity index (χ0n) is 11.8. The lowest BCUT2D eigenvalue weighted by Gasteiger charge is -2.09. The fraction of sp³-hybridized carbons (Fsp3) is 0.214. The fourth-order valence-corrected chi connectivity index (χ4v) is 1.99. The zero-order chi connectivity index (χ0) is 15.4. The molecular weight excluding hydrogens is 334 g/mol. The molecule has 0 unspecified atom stereocenters. The van der Waals surface area contributed by atoms with Crippen molar-refractivity contribution in [2.45, 2.75) is 20.3 Å². The normalized spacial score (nSPS) is 10.3. The van der Waals surface area contributed by atoms with E-state index >= 15 is 0 Å². The minimum absolute atomic E-state index is 0.252. The van der Waals surface area contributed by atoms with Crippen LogP contribution in [0.15, 0.2) is 28.9 Å². The Kier molecular flexibility index (Phi) is 4.87. The first kappa shape index (κ1) is 15.4. The molecule has 2 rings (SSSR count). The van der Waals surface area contributed by atoms with Gasteiger partial charge in [-0.05, 0) is 53.0 Å². The molecule has 6 nitrogen and oxygen atoms in total. The molecule has 2 heterocycles. The highest BCUT2D eigenvalue weighted by Crippen LogP contribution is 2.18. The Balaban J connectivity index is 2.25. The van der Waals surface area contributed by atoms with Gasteiger partial charge >= 0.3 is 0 Å². The predicted molar refractivity (Wildman–Crippen MR) is 86.1 cm³/mol. The second-order valence-electron chi connectivity index (χ2n) is 4.50. The van der Waals surface area contributed by atoms with Gasteiger partial charge in [0.1, 0.15) is 11.6 Å². The molecule has 1 amide bonds. The lowest BCUT2D eigenvalue weighted by Crippen LogP contribution is -2.16. The molecule has 21 heavy (non-hydrogen) atoms. The van der Waals surface area contributed by atoms with Crippen molar-refractivity contribution in [1.29, 1.82) is 0 Å². The lowest BCUT2D eigenvalue weighted by atomic mass is 10.2. The minimum Gasteiger partial charge on any atom is -0.308 e. The van der Waals surface area contributed by atoms with Gasteiger partial charge in [0, 0.05) is 21.9 Å². The average Bonchev–Trinajstić information content (AvgIpc) is 2.50. The average molecular weight is 350 g/mol. The van der Waals surface area contributed by atoms with E-state index in [1.165, 1.54) is 0 Å². The van der Waals surface area contributed by atoms with Crippen molar-refractivity contribution in [3.8, 4) is 0 Å². The lowest BCUT2D eigenvalue weighted by molar-refractivity contribution is 0.102. The van der Waals surface area contributed by atoms with E-state index in [9.17, 15) is 4.79 Å². The molecule has 0 fully saturated rings. The van der Waals surface area contributed by atoms with Gasteiger partial charge in [-0.2, -0.15) is 0 Å². The van der Waals surface area contributed by atoms with Crippen molar-refractivity contribution < 1.29 is 4.79 Å². The molecule has 0 spiro atoms. The Hall–Kier alpha value is -1.99. The Morgan fingerprint density at radius 2 is 2.10 bits per heavy atom. The summed E-state index contributed by atoms with van der Waals surface area (Å²) in [6.07, 6.45) is 2.37. The van der Waals surface area contributed by atoms with E-state index in [2.05, 4.69) is 36.6 Å². The third-order valence-corrected chi connectivity index (χ3v) is 3.77. The largest absolute Gasteiger partial charge is 0.308 e. The zero-order valence-corrected chi connectivity index (χ0v) is 13.4.